The van der Waals surface area contributed by atoms with Gasteiger partial charge in [0.25, 0.3) is 0 Å². The van der Waals surface area contributed by atoms with Crippen LogP contribution in [0.1, 0.15) is 0 Å². The lowest BCUT2D eigenvalue weighted by Gasteiger charge is -2.00. The van der Waals surface area contributed by atoms with Crippen LogP contribution in [0.5, 0.6) is 0 Å². The average molecular weight is 270 g/mol. The van der Waals surface area contributed by atoms with E-state index in [0.29, 0.717) is 0 Å². The minimum absolute atomic E-state index is 1.15. The highest BCUT2D eigenvalue weighted by atomic mass is 127. The van der Waals surface area contributed by atoms with E-state index in [1.165, 1.54) is 3.57 Å². The van der Waals surface area contributed by atoms with E-state index in [0.717, 1.165) is 5.69 Å². The first-order chi connectivity index (χ1) is 5.86. The summed E-state index contributed by atoms with van der Waals surface area (Å²) in [6.07, 6.45) is 5.51. The maximum Gasteiger partial charge on any atom is 0.0991 e. The summed E-state index contributed by atoms with van der Waals surface area (Å²) in [6.45, 7) is 0. The topological polar surface area (TPSA) is 17.8 Å². The maximum atomic E-state index is 3.99. The van der Waals surface area contributed by atoms with Crippen molar-refractivity contribution in [2.75, 3.05) is 0 Å². The molecule has 0 bridgehead atoms. The summed E-state index contributed by atoms with van der Waals surface area (Å²) in [5, 5.41) is 0. The van der Waals surface area contributed by atoms with Crippen molar-refractivity contribution < 1.29 is 0 Å². The van der Waals surface area contributed by atoms with Crippen LogP contribution in [-0.4, -0.2) is 9.55 Å². The molecule has 0 atom stereocenters. The van der Waals surface area contributed by atoms with Crippen molar-refractivity contribution in [3.63, 3.8) is 0 Å². The third kappa shape index (κ3) is 1.50. The van der Waals surface area contributed by atoms with Gasteiger partial charge in [-0.15, -0.1) is 0 Å². The highest BCUT2D eigenvalue weighted by molar-refractivity contribution is 14.1. The van der Waals surface area contributed by atoms with E-state index in [9.17, 15) is 0 Å². The molecular weight excluding hydrogens is 263 g/mol. The predicted octanol–water partition coefficient (Wildman–Crippen LogP) is 2.48. The van der Waals surface area contributed by atoms with Crippen LogP contribution in [0.2, 0.25) is 0 Å². The van der Waals surface area contributed by atoms with Gasteiger partial charge in [0.05, 0.1) is 6.33 Å². The van der Waals surface area contributed by atoms with Gasteiger partial charge in [0.15, 0.2) is 0 Å². The van der Waals surface area contributed by atoms with E-state index in [4.69, 9.17) is 0 Å². The molecule has 0 fully saturated rings. The van der Waals surface area contributed by atoms with E-state index in [2.05, 4.69) is 45.8 Å². The quantitative estimate of drug-likeness (QED) is 0.728. The van der Waals surface area contributed by atoms with Gasteiger partial charge < -0.3 is 4.57 Å². The molecule has 1 aromatic heterocycles. The smallest absolute Gasteiger partial charge is 0.0991 e. The van der Waals surface area contributed by atoms with Crippen LogP contribution in [-0.2, 0) is 0 Å². The minimum Gasteiger partial charge on any atom is -0.306 e. The zero-order valence-electron chi connectivity index (χ0n) is 6.31. The van der Waals surface area contributed by atoms with Gasteiger partial charge >= 0.3 is 0 Å². The van der Waals surface area contributed by atoms with Gasteiger partial charge in [0, 0.05) is 21.7 Å². The molecule has 3 heteroatoms. The molecule has 0 saturated carbocycles. The van der Waals surface area contributed by atoms with Crippen molar-refractivity contribution in [1.82, 2.24) is 9.55 Å². The summed E-state index contributed by atoms with van der Waals surface area (Å²) in [5.74, 6) is 0. The Labute approximate surface area is 84.4 Å². The summed E-state index contributed by atoms with van der Waals surface area (Å²) >= 11 is 2.30. The third-order valence-corrected chi connectivity index (χ3v) is 2.28. The Balaban J connectivity index is 2.48. The van der Waals surface area contributed by atoms with Crippen molar-refractivity contribution >= 4 is 22.6 Å². The lowest BCUT2D eigenvalue weighted by atomic mass is 10.3. The van der Waals surface area contributed by atoms with Crippen molar-refractivity contribution in [1.29, 1.82) is 0 Å². The molecule has 0 aliphatic rings. The molecule has 12 heavy (non-hydrogen) atoms. The SMILES string of the molecule is Ic1cccc(-n2ccnc2)c1. The fourth-order valence-electron chi connectivity index (χ4n) is 1.05. The molecule has 2 rings (SSSR count). The number of halogens is 1. The van der Waals surface area contributed by atoms with E-state index in [1.807, 2.05) is 16.8 Å². The fourth-order valence-corrected chi connectivity index (χ4v) is 1.58. The lowest BCUT2D eigenvalue weighted by Crippen LogP contribution is -1.89. The molecule has 0 radical (unpaired) electrons. The number of rotatable bonds is 1. The first kappa shape index (κ1) is 7.79. The standard InChI is InChI=1S/C9H7IN2/c10-8-2-1-3-9(6-8)12-5-4-11-7-12/h1-7H. The Bertz CT molecular complexity index is 368. The first-order valence-corrected chi connectivity index (χ1v) is 4.68. The van der Waals surface area contributed by atoms with Crippen molar-refractivity contribution in [3.8, 4) is 5.69 Å². The molecule has 0 unspecified atom stereocenters. The molecule has 0 N–H and O–H groups in total. The molecule has 2 nitrogen and oxygen atoms in total. The molecule has 0 amide bonds. The summed E-state index contributed by atoms with van der Waals surface area (Å²) < 4.78 is 3.22. The maximum absolute atomic E-state index is 3.99. The lowest BCUT2D eigenvalue weighted by molar-refractivity contribution is 1.06. The Morgan fingerprint density at radius 3 is 2.92 bits per heavy atom. The van der Waals surface area contributed by atoms with Crippen LogP contribution >= 0.6 is 22.6 Å². The van der Waals surface area contributed by atoms with Crippen LogP contribution in [0.4, 0.5) is 0 Å². The van der Waals surface area contributed by atoms with Gasteiger partial charge in [-0.3, -0.25) is 0 Å². The second-order valence-electron chi connectivity index (χ2n) is 2.45. The highest BCUT2D eigenvalue weighted by Crippen LogP contribution is 2.11. The Morgan fingerprint density at radius 1 is 1.33 bits per heavy atom. The van der Waals surface area contributed by atoms with Crippen molar-refractivity contribution in [2.24, 2.45) is 0 Å². The van der Waals surface area contributed by atoms with E-state index in [1.54, 1.807) is 12.5 Å². The van der Waals surface area contributed by atoms with Crippen molar-refractivity contribution in [3.05, 3.63) is 46.6 Å². The molecule has 0 aliphatic carbocycles. The van der Waals surface area contributed by atoms with Crippen LogP contribution in [0.3, 0.4) is 0 Å². The second kappa shape index (κ2) is 3.26. The van der Waals surface area contributed by atoms with Gasteiger partial charge in [-0.05, 0) is 40.8 Å². The molecule has 60 valence electrons. The average Bonchev–Trinajstić information content (AvgIpc) is 2.56. The molecule has 0 spiro atoms. The van der Waals surface area contributed by atoms with Crippen molar-refractivity contribution in [2.45, 2.75) is 0 Å². The summed E-state index contributed by atoms with van der Waals surface area (Å²) in [6, 6.07) is 8.28. The Kier molecular flexibility index (Phi) is 2.12. The molecule has 2 aromatic rings. The Hall–Kier alpha value is -0.840. The molecule has 0 aliphatic heterocycles. The minimum atomic E-state index is 1.15. The monoisotopic (exact) mass is 270 g/mol. The fraction of sp³-hybridized carbons (Fsp3) is 0. The number of benzene rings is 1. The summed E-state index contributed by atoms with van der Waals surface area (Å²) in [4.78, 5) is 3.99. The number of hydrogen-bond donors (Lipinski definition) is 0. The van der Waals surface area contributed by atoms with Gasteiger partial charge in [-0.2, -0.15) is 0 Å². The Morgan fingerprint density at radius 2 is 2.25 bits per heavy atom. The first-order valence-electron chi connectivity index (χ1n) is 3.60. The molecule has 0 saturated heterocycles. The largest absolute Gasteiger partial charge is 0.306 e. The van der Waals surface area contributed by atoms with Gasteiger partial charge in [0.2, 0.25) is 0 Å². The van der Waals surface area contributed by atoms with Gasteiger partial charge in [-0.1, -0.05) is 6.07 Å². The molecule has 1 heterocycles. The van der Waals surface area contributed by atoms with Gasteiger partial charge in [0.1, 0.15) is 0 Å². The number of imidazole rings is 1. The highest BCUT2D eigenvalue weighted by Gasteiger charge is 1.93. The normalized spacial score (nSPS) is 10.1. The van der Waals surface area contributed by atoms with Crippen LogP contribution in [0.25, 0.3) is 5.69 Å². The van der Waals surface area contributed by atoms with E-state index >= 15 is 0 Å². The molecule has 1 aromatic carbocycles. The molecular formula is C9H7IN2. The van der Waals surface area contributed by atoms with Crippen LogP contribution in [0.15, 0.2) is 43.0 Å². The summed E-state index contributed by atoms with van der Waals surface area (Å²) in [5.41, 5.74) is 1.15. The second-order valence-corrected chi connectivity index (χ2v) is 3.70. The number of nitrogens with zero attached hydrogens (tertiary/aromatic N) is 2. The number of aromatic nitrogens is 2. The third-order valence-electron chi connectivity index (χ3n) is 1.61. The number of hydrogen-bond acceptors (Lipinski definition) is 1. The van der Waals surface area contributed by atoms with Crippen LogP contribution in [0, 0.1) is 3.57 Å². The van der Waals surface area contributed by atoms with Crippen LogP contribution < -0.4 is 0 Å². The zero-order valence-corrected chi connectivity index (χ0v) is 8.47. The zero-order chi connectivity index (χ0) is 8.39. The van der Waals surface area contributed by atoms with E-state index < -0.39 is 0 Å². The van der Waals surface area contributed by atoms with E-state index in [-0.39, 0.29) is 0 Å². The predicted molar refractivity (Wildman–Crippen MR) is 56.3 cm³/mol. The van der Waals surface area contributed by atoms with Gasteiger partial charge in [-0.25, -0.2) is 4.98 Å². The summed E-state index contributed by atoms with van der Waals surface area (Å²) in [7, 11) is 0.